The molecule has 0 saturated heterocycles. The molecule has 0 heterocycles. The average molecular weight is 252 g/mol. The molecular weight excluding hydrogens is 235 g/mol. The predicted molar refractivity (Wildman–Crippen MR) is 69.9 cm³/mol. The molecule has 0 aliphatic rings. The Morgan fingerprint density at radius 1 is 1.29 bits per heavy atom. The maximum atomic E-state index is 12.6. The summed E-state index contributed by atoms with van der Waals surface area (Å²) in [5, 5.41) is 0.466. The van der Waals surface area contributed by atoms with Crippen LogP contribution in [0, 0.1) is 20.8 Å². The van der Waals surface area contributed by atoms with Gasteiger partial charge >= 0.3 is 7.37 Å². The van der Waals surface area contributed by atoms with Gasteiger partial charge in [-0.2, -0.15) is 0 Å². The van der Waals surface area contributed by atoms with Crippen LogP contribution in [0.15, 0.2) is 25.0 Å². The third-order valence-corrected chi connectivity index (χ3v) is 5.38. The van der Waals surface area contributed by atoms with Gasteiger partial charge in [-0.25, -0.2) is 0 Å². The molecule has 0 saturated carbocycles. The van der Waals surface area contributed by atoms with Gasteiger partial charge in [0.2, 0.25) is 5.52 Å². The van der Waals surface area contributed by atoms with Crippen LogP contribution < -0.4 is 5.30 Å². The summed E-state index contributed by atoms with van der Waals surface area (Å²) in [5.74, 6) is 0. The second-order valence-electron chi connectivity index (χ2n) is 3.99. The highest BCUT2D eigenvalue weighted by molar-refractivity contribution is 7.82. The predicted octanol–water partition coefficient (Wildman–Crippen LogP) is 3.22. The number of aryl methyl sites for hydroxylation is 1. The van der Waals surface area contributed by atoms with Crippen molar-refractivity contribution in [1.29, 1.82) is 0 Å². The Bertz CT molecular complexity index is 518. The monoisotopic (exact) mass is 252 g/mol. The zero-order valence-corrected chi connectivity index (χ0v) is 11.5. The molecule has 1 atom stereocenters. The van der Waals surface area contributed by atoms with Crippen molar-refractivity contribution in [1.82, 2.24) is 0 Å². The third kappa shape index (κ3) is 2.34. The van der Waals surface area contributed by atoms with Gasteiger partial charge in [-0.3, -0.25) is 9.36 Å². The standard InChI is InChI=1S/C13H17O3P/c1-6-16-17(15,12(5)14)13-8-7-9(2)10(3)11(13)4/h6-8H,1H2,2-5H3. The lowest BCUT2D eigenvalue weighted by Crippen LogP contribution is -2.16. The van der Waals surface area contributed by atoms with Gasteiger partial charge in [0, 0.05) is 6.92 Å². The first kappa shape index (κ1) is 13.7. The van der Waals surface area contributed by atoms with Gasteiger partial charge in [0.15, 0.2) is 0 Å². The van der Waals surface area contributed by atoms with Gasteiger partial charge < -0.3 is 4.52 Å². The van der Waals surface area contributed by atoms with E-state index >= 15 is 0 Å². The number of carbonyl (C=O) groups is 1. The largest absolute Gasteiger partial charge is 0.444 e. The van der Waals surface area contributed by atoms with E-state index in [0.29, 0.717) is 5.30 Å². The van der Waals surface area contributed by atoms with Crippen molar-refractivity contribution in [2.24, 2.45) is 0 Å². The van der Waals surface area contributed by atoms with Gasteiger partial charge in [-0.1, -0.05) is 12.6 Å². The van der Waals surface area contributed by atoms with E-state index in [2.05, 4.69) is 6.58 Å². The van der Waals surface area contributed by atoms with E-state index in [1.165, 1.54) is 6.92 Å². The second kappa shape index (κ2) is 4.89. The molecule has 0 aliphatic heterocycles. The van der Waals surface area contributed by atoms with Crippen LogP contribution in [0.4, 0.5) is 0 Å². The molecule has 1 aromatic rings. The normalized spacial score (nSPS) is 13.9. The third-order valence-electron chi connectivity index (χ3n) is 2.98. The van der Waals surface area contributed by atoms with Crippen LogP contribution in [-0.2, 0) is 13.9 Å². The average Bonchev–Trinajstić information content (AvgIpc) is 2.26. The number of hydrogen-bond acceptors (Lipinski definition) is 3. The Balaban J connectivity index is 3.51. The highest BCUT2D eigenvalue weighted by Crippen LogP contribution is 2.48. The van der Waals surface area contributed by atoms with E-state index in [4.69, 9.17) is 4.52 Å². The Morgan fingerprint density at radius 3 is 2.35 bits per heavy atom. The maximum absolute atomic E-state index is 12.6. The Morgan fingerprint density at radius 2 is 1.88 bits per heavy atom. The van der Waals surface area contributed by atoms with Crippen LogP contribution >= 0.6 is 7.37 Å². The SMILES string of the molecule is C=COP(=O)(C(C)=O)c1ccc(C)c(C)c1C. The highest BCUT2D eigenvalue weighted by Gasteiger charge is 2.34. The van der Waals surface area contributed by atoms with Crippen molar-refractivity contribution in [2.75, 3.05) is 0 Å². The summed E-state index contributed by atoms with van der Waals surface area (Å²) in [5.41, 5.74) is 2.49. The molecule has 3 nitrogen and oxygen atoms in total. The Kier molecular flexibility index (Phi) is 3.94. The van der Waals surface area contributed by atoms with E-state index < -0.39 is 12.9 Å². The topological polar surface area (TPSA) is 43.4 Å². The molecule has 4 heteroatoms. The van der Waals surface area contributed by atoms with Crippen LogP contribution in [-0.4, -0.2) is 5.52 Å². The van der Waals surface area contributed by atoms with Gasteiger partial charge in [0.1, 0.15) is 0 Å². The summed E-state index contributed by atoms with van der Waals surface area (Å²) in [6, 6.07) is 3.54. The molecule has 92 valence electrons. The van der Waals surface area contributed by atoms with Crippen molar-refractivity contribution < 1.29 is 13.9 Å². The number of hydrogen-bond donors (Lipinski definition) is 0. The van der Waals surface area contributed by atoms with Gasteiger partial charge in [0.25, 0.3) is 0 Å². The maximum Gasteiger partial charge on any atom is 0.340 e. The fraction of sp³-hybridized carbons (Fsp3) is 0.308. The molecule has 0 bridgehead atoms. The molecule has 0 fully saturated rings. The number of rotatable bonds is 4. The molecule has 1 rings (SSSR count). The van der Waals surface area contributed by atoms with E-state index in [9.17, 15) is 9.36 Å². The lowest BCUT2D eigenvalue weighted by molar-refractivity contribution is -0.110. The van der Waals surface area contributed by atoms with Crippen molar-refractivity contribution in [3.8, 4) is 0 Å². The summed E-state index contributed by atoms with van der Waals surface area (Å²) in [6.45, 7) is 10.4. The lowest BCUT2D eigenvalue weighted by Gasteiger charge is -2.18. The fourth-order valence-electron chi connectivity index (χ4n) is 1.67. The number of benzene rings is 1. The van der Waals surface area contributed by atoms with E-state index in [0.717, 1.165) is 23.0 Å². The summed E-state index contributed by atoms with van der Waals surface area (Å²) in [6.07, 6.45) is 1.07. The molecule has 0 aliphatic carbocycles. The quantitative estimate of drug-likeness (QED) is 0.610. The summed E-state index contributed by atoms with van der Waals surface area (Å²) in [7, 11) is -3.49. The lowest BCUT2D eigenvalue weighted by atomic mass is 10.1. The minimum absolute atomic E-state index is 0.466. The van der Waals surface area contributed by atoms with Crippen LogP contribution in [0.1, 0.15) is 23.6 Å². The van der Waals surface area contributed by atoms with Crippen LogP contribution in [0.2, 0.25) is 0 Å². The van der Waals surface area contributed by atoms with Crippen molar-refractivity contribution >= 4 is 18.2 Å². The molecule has 1 aromatic carbocycles. The van der Waals surface area contributed by atoms with Crippen molar-refractivity contribution in [3.63, 3.8) is 0 Å². The van der Waals surface area contributed by atoms with E-state index in [1.54, 1.807) is 6.07 Å². The highest BCUT2D eigenvalue weighted by atomic mass is 31.2. The molecular formula is C13H17O3P. The van der Waals surface area contributed by atoms with Gasteiger partial charge in [-0.15, -0.1) is 0 Å². The zero-order chi connectivity index (χ0) is 13.2. The van der Waals surface area contributed by atoms with Crippen LogP contribution in [0.25, 0.3) is 0 Å². The molecule has 0 spiro atoms. The summed E-state index contributed by atoms with van der Waals surface area (Å²) >= 11 is 0. The van der Waals surface area contributed by atoms with E-state index in [1.807, 2.05) is 26.8 Å². The Hall–Kier alpha value is -1.34. The molecule has 0 N–H and O–H groups in total. The minimum Gasteiger partial charge on any atom is -0.444 e. The second-order valence-corrected chi connectivity index (χ2v) is 6.42. The van der Waals surface area contributed by atoms with Crippen molar-refractivity contribution in [3.05, 3.63) is 41.7 Å². The first-order chi connectivity index (χ1) is 7.84. The van der Waals surface area contributed by atoms with E-state index in [-0.39, 0.29) is 0 Å². The summed E-state index contributed by atoms with van der Waals surface area (Å²) < 4.78 is 17.6. The first-order valence-electron chi connectivity index (χ1n) is 5.32. The van der Waals surface area contributed by atoms with Crippen LogP contribution in [0.3, 0.4) is 0 Å². The minimum atomic E-state index is -3.49. The van der Waals surface area contributed by atoms with Gasteiger partial charge in [-0.05, 0) is 43.5 Å². The number of carbonyl (C=O) groups excluding carboxylic acids is 1. The molecule has 0 amide bonds. The zero-order valence-electron chi connectivity index (χ0n) is 10.6. The molecule has 1 unspecified atom stereocenters. The summed E-state index contributed by atoms with van der Waals surface area (Å²) in [4.78, 5) is 11.6. The van der Waals surface area contributed by atoms with Gasteiger partial charge in [0.05, 0.1) is 11.6 Å². The molecule has 17 heavy (non-hydrogen) atoms. The molecule has 0 aromatic heterocycles. The Labute approximate surface area is 102 Å². The fourth-order valence-corrected chi connectivity index (χ4v) is 3.36. The smallest absolute Gasteiger partial charge is 0.340 e. The molecule has 0 radical (unpaired) electrons. The first-order valence-corrected chi connectivity index (χ1v) is 6.95. The van der Waals surface area contributed by atoms with Crippen LogP contribution in [0.5, 0.6) is 0 Å². The van der Waals surface area contributed by atoms with Crippen molar-refractivity contribution in [2.45, 2.75) is 27.7 Å².